The van der Waals surface area contributed by atoms with Crippen LogP contribution in [0.5, 0.6) is 0 Å². The van der Waals surface area contributed by atoms with Crippen LogP contribution >= 0.6 is 0 Å². The van der Waals surface area contributed by atoms with Crippen molar-refractivity contribution in [1.29, 1.82) is 0 Å². The molecule has 2 aliphatic heterocycles. The van der Waals surface area contributed by atoms with Crippen LogP contribution in [0.25, 0.3) is 75.4 Å². The Bertz CT molecular complexity index is 3090. The Labute approximate surface area is 517 Å². The molecule has 10 rings (SSSR count). The van der Waals surface area contributed by atoms with Gasteiger partial charge in [-0.25, -0.2) is 0 Å². The summed E-state index contributed by atoms with van der Waals surface area (Å²) in [6.07, 6.45) is 48.3. The van der Waals surface area contributed by atoms with Gasteiger partial charge in [-0.15, -0.1) is 0 Å². The lowest BCUT2D eigenvalue weighted by Crippen LogP contribution is -2.47. The Morgan fingerprint density at radius 3 is 0.581 bits per heavy atom. The minimum absolute atomic E-state index is 0.110. The van der Waals surface area contributed by atoms with E-state index in [9.17, 15) is 0 Å². The number of carbonyl (C=O) groups is 4. The summed E-state index contributed by atoms with van der Waals surface area (Å²) in [5.41, 5.74) is 2.59. The summed E-state index contributed by atoms with van der Waals surface area (Å²) >= 11 is 0. The number of benzene rings is 8. The molecule has 8 aromatic carbocycles. The first-order valence-electron chi connectivity index (χ1n) is 35.9. The van der Waals surface area contributed by atoms with Crippen molar-refractivity contribution in [3.05, 3.63) is 95.1 Å². The molecule has 0 bridgehead atoms. The maximum absolute atomic E-state index is 15.1. The SMILES string of the molecule is CCCCCCCCCCCC(CCCCCCCCCCC)N1C(=O)c2ccc3c4ccc5c6ccc7c8c(ccc(c9ccc(c%10ccc(c2c3%10)C1=O)c4c59)c86)C(=O)N(C(CCCCCCCCCCC)CCCCCCCCCCC)C7=O. The Kier molecular flexibility index (Phi) is 23.2. The number of fused-ring (bicyclic) bond motifs is 4. The molecule has 6 nitrogen and oxygen atoms in total. The quantitative estimate of drug-likeness (QED) is 0.0165. The van der Waals surface area contributed by atoms with Crippen molar-refractivity contribution in [1.82, 2.24) is 9.80 Å². The van der Waals surface area contributed by atoms with E-state index in [0.717, 1.165) is 142 Å². The van der Waals surface area contributed by atoms with Crippen LogP contribution in [0.4, 0.5) is 0 Å². The van der Waals surface area contributed by atoms with Crippen LogP contribution in [0, 0.1) is 0 Å². The highest BCUT2D eigenvalue weighted by atomic mass is 16.2. The summed E-state index contributed by atoms with van der Waals surface area (Å²) in [4.78, 5) is 63.9. The van der Waals surface area contributed by atoms with Gasteiger partial charge in [0, 0.05) is 45.1 Å². The van der Waals surface area contributed by atoms with Gasteiger partial charge in [-0.1, -0.05) is 307 Å². The normalized spacial score (nSPS) is 13.8. The minimum Gasteiger partial charge on any atom is -0.271 e. The number of unbranched alkanes of at least 4 members (excludes halogenated alkanes) is 32. The molecule has 460 valence electrons. The zero-order valence-electron chi connectivity index (χ0n) is 53.9. The second kappa shape index (κ2) is 31.5. The monoisotopic (exact) mass is 1160 g/mol. The van der Waals surface area contributed by atoms with Crippen LogP contribution in [0.1, 0.15) is 326 Å². The van der Waals surface area contributed by atoms with Crippen LogP contribution in [-0.4, -0.2) is 45.5 Å². The minimum atomic E-state index is -0.135. The van der Waals surface area contributed by atoms with Gasteiger partial charge < -0.3 is 0 Å². The van der Waals surface area contributed by atoms with E-state index in [0.29, 0.717) is 22.3 Å². The Hall–Kier alpha value is -5.62. The van der Waals surface area contributed by atoms with Crippen molar-refractivity contribution in [2.45, 2.75) is 297 Å². The molecule has 4 amide bonds. The van der Waals surface area contributed by atoms with Gasteiger partial charge in [0.1, 0.15) is 0 Å². The van der Waals surface area contributed by atoms with Crippen molar-refractivity contribution in [3.8, 4) is 0 Å². The molecule has 0 unspecified atom stereocenters. The molecule has 0 spiro atoms. The van der Waals surface area contributed by atoms with Crippen LogP contribution in [0.2, 0.25) is 0 Å². The van der Waals surface area contributed by atoms with E-state index in [1.165, 1.54) is 191 Å². The fourth-order valence-corrected chi connectivity index (χ4v) is 15.9. The zero-order valence-corrected chi connectivity index (χ0v) is 53.9. The molecule has 2 aliphatic rings. The Balaban J connectivity index is 0.928. The van der Waals surface area contributed by atoms with Crippen molar-refractivity contribution in [2.24, 2.45) is 0 Å². The van der Waals surface area contributed by atoms with E-state index < -0.39 is 0 Å². The van der Waals surface area contributed by atoms with Crippen LogP contribution < -0.4 is 0 Å². The van der Waals surface area contributed by atoms with Gasteiger partial charge in [0.25, 0.3) is 23.6 Å². The maximum Gasteiger partial charge on any atom is 0.261 e. The van der Waals surface area contributed by atoms with Crippen LogP contribution in [-0.2, 0) is 0 Å². The molecule has 0 atom stereocenters. The molecule has 0 saturated carbocycles. The molecule has 0 aromatic heterocycles. The molecule has 86 heavy (non-hydrogen) atoms. The summed E-state index contributed by atoms with van der Waals surface area (Å²) in [5.74, 6) is -0.541. The van der Waals surface area contributed by atoms with Gasteiger partial charge in [-0.05, 0) is 115 Å². The third-order valence-corrected chi connectivity index (χ3v) is 20.7. The van der Waals surface area contributed by atoms with Crippen molar-refractivity contribution >= 4 is 99.0 Å². The fraction of sp³-hybridized carbons (Fsp3) is 0.575. The predicted octanol–water partition coefficient (Wildman–Crippen LogP) is 24.2. The zero-order chi connectivity index (χ0) is 59.8. The van der Waals surface area contributed by atoms with Gasteiger partial charge in [0.05, 0.1) is 0 Å². The van der Waals surface area contributed by atoms with E-state index in [1.807, 2.05) is 24.3 Å². The first-order valence-corrected chi connectivity index (χ1v) is 35.9. The van der Waals surface area contributed by atoms with E-state index >= 15 is 19.2 Å². The molecule has 0 fully saturated rings. The summed E-state index contributed by atoms with van der Waals surface area (Å²) in [7, 11) is 0. The maximum atomic E-state index is 15.1. The van der Waals surface area contributed by atoms with Gasteiger partial charge in [-0.2, -0.15) is 0 Å². The van der Waals surface area contributed by atoms with Crippen LogP contribution in [0.15, 0.2) is 72.8 Å². The lowest BCUT2D eigenvalue weighted by Gasteiger charge is -2.35. The highest BCUT2D eigenvalue weighted by Gasteiger charge is 2.40. The van der Waals surface area contributed by atoms with Gasteiger partial charge in [0.2, 0.25) is 0 Å². The number of nitrogens with zero attached hydrogens (tertiary/aromatic N) is 2. The topological polar surface area (TPSA) is 74.8 Å². The summed E-state index contributed by atoms with van der Waals surface area (Å²) in [6.45, 7) is 9.09. The first-order chi connectivity index (χ1) is 42.3. The standard InChI is InChI=1S/C80H106N2O4/c1-5-9-13-17-21-25-29-33-37-41-57(42-38-34-30-26-22-18-14-10-6-2)81-77(83)67-53-49-63-59-45-47-61-65-51-55-69-76-70(56-52-66(74(65)76)62-48-46-60(71(59)72(61)62)64-50-54-68(78(81)84)75(67)73(63)64)80(86)82(79(69)85)58(43-39-35-31-27-23-19-15-11-7-3)44-40-36-32-28-24-20-16-12-8-4/h45-58H,5-44H2,1-4H3. The molecule has 6 heteroatoms. The summed E-state index contributed by atoms with van der Waals surface area (Å²) in [5, 5.41) is 14.6. The molecular weight excluding hydrogens is 1050 g/mol. The molecular formula is C80H106N2O4. The van der Waals surface area contributed by atoms with E-state index in [4.69, 9.17) is 0 Å². The summed E-state index contributed by atoms with van der Waals surface area (Å²) < 4.78 is 0. The van der Waals surface area contributed by atoms with E-state index in [2.05, 4.69) is 76.2 Å². The van der Waals surface area contributed by atoms with Crippen molar-refractivity contribution < 1.29 is 19.2 Å². The molecule has 8 aromatic rings. The molecule has 0 aliphatic carbocycles. The molecule has 0 N–H and O–H groups in total. The second-order valence-electron chi connectivity index (χ2n) is 27.0. The number of carbonyl (C=O) groups excluding carboxylic acids is 4. The third-order valence-electron chi connectivity index (χ3n) is 20.7. The van der Waals surface area contributed by atoms with Gasteiger partial charge in [0.15, 0.2) is 0 Å². The average molecular weight is 1160 g/mol. The van der Waals surface area contributed by atoms with Gasteiger partial charge >= 0.3 is 0 Å². The number of imide groups is 2. The second-order valence-corrected chi connectivity index (χ2v) is 27.0. The van der Waals surface area contributed by atoms with Crippen LogP contribution in [0.3, 0.4) is 0 Å². The lowest BCUT2D eigenvalue weighted by atomic mass is 9.80. The van der Waals surface area contributed by atoms with Gasteiger partial charge in [-0.3, -0.25) is 29.0 Å². The molecule has 0 saturated heterocycles. The number of rotatable bonds is 42. The number of hydrogen-bond acceptors (Lipinski definition) is 4. The summed E-state index contributed by atoms with van der Waals surface area (Å²) in [6, 6.07) is 25.5. The number of amides is 4. The van der Waals surface area contributed by atoms with Crippen molar-refractivity contribution in [3.63, 3.8) is 0 Å². The Morgan fingerprint density at radius 2 is 0.384 bits per heavy atom. The smallest absolute Gasteiger partial charge is 0.261 e. The number of hydrogen-bond donors (Lipinski definition) is 0. The fourth-order valence-electron chi connectivity index (χ4n) is 15.9. The highest BCUT2D eigenvalue weighted by molar-refractivity contribution is 6.45. The van der Waals surface area contributed by atoms with E-state index in [1.54, 1.807) is 9.80 Å². The third kappa shape index (κ3) is 13.8. The largest absolute Gasteiger partial charge is 0.271 e. The lowest BCUT2D eigenvalue weighted by molar-refractivity contribution is 0.0501. The first kappa shape index (κ1) is 63.4. The Morgan fingerprint density at radius 1 is 0.221 bits per heavy atom. The van der Waals surface area contributed by atoms with Crippen molar-refractivity contribution in [2.75, 3.05) is 0 Å². The molecule has 2 heterocycles. The predicted molar refractivity (Wildman–Crippen MR) is 367 cm³/mol. The average Bonchev–Trinajstić information content (AvgIpc) is 0.695. The highest BCUT2D eigenvalue weighted by Crippen LogP contribution is 2.50. The molecule has 0 radical (unpaired) electrons. The van der Waals surface area contributed by atoms with E-state index in [-0.39, 0.29) is 35.7 Å².